The molecule has 7 nitrogen and oxygen atoms in total. The number of likely N-dealkylation sites (tertiary alicyclic amines) is 2. The lowest BCUT2D eigenvalue weighted by atomic mass is 9.82. The summed E-state index contributed by atoms with van der Waals surface area (Å²) in [7, 11) is 0. The van der Waals surface area contributed by atoms with Gasteiger partial charge in [0.25, 0.3) is 0 Å². The number of rotatable bonds is 3. The van der Waals surface area contributed by atoms with Gasteiger partial charge in [0.1, 0.15) is 0 Å². The highest BCUT2D eigenvalue weighted by Crippen LogP contribution is 2.38. The third-order valence-corrected chi connectivity index (χ3v) is 7.37. The van der Waals surface area contributed by atoms with E-state index in [2.05, 4.69) is 21.3 Å². The lowest BCUT2D eigenvalue weighted by Gasteiger charge is -2.41. The number of H-pyrrole nitrogens is 1. The summed E-state index contributed by atoms with van der Waals surface area (Å²) in [5, 5.41) is 16.7. The van der Waals surface area contributed by atoms with Crippen molar-refractivity contribution in [3.05, 3.63) is 71.7 Å². The first-order chi connectivity index (χ1) is 17.8. The van der Waals surface area contributed by atoms with Gasteiger partial charge in [0.05, 0.1) is 17.3 Å². The summed E-state index contributed by atoms with van der Waals surface area (Å²) in [6.07, 6.45) is 0.986. The van der Waals surface area contributed by atoms with Crippen LogP contribution in [0.4, 0.5) is 18.0 Å². The van der Waals surface area contributed by atoms with Gasteiger partial charge in [0, 0.05) is 67.6 Å². The van der Waals surface area contributed by atoms with Crippen molar-refractivity contribution in [2.75, 3.05) is 26.2 Å². The molecule has 2 aliphatic rings. The molecule has 2 amide bonds. The summed E-state index contributed by atoms with van der Waals surface area (Å²) in [5.74, 6) is -0.236. The van der Waals surface area contributed by atoms with Crippen molar-refractivity contribution in [2.24, 2.45) is 5.92 Å². The van der Waals surface area contributed by atoms with Crippen LogP contribution in [-0.2, 0) is 6.18 Å². The van der Waals surface area contributed by atoms with Crippen LogP contribution in [0.25, 0.3) is 11.3 Å². The second-order valence-electron chi connectivity index (χ2n) is 9.78. The Balaban J connectivity index is 1.40. The molecule has 3 aromatic rings. The van der Waals surface area contributed by atoms with Crippen LogP contribution in [0.3, 0.4) is 0 Å². The molecule has 37 heavy (non-hydrogen) atoms. The number of carbonyl (C=O) groups excluding carboxylic acids is 1. The number of hydrogen-bond acceptors (Lipinski definition) is 4. The minimum atomic E-state index is -4.40. The molecular weight excluding hydrogens is 481 g/mol. The molecule has 1 aromatic carbocycles. The molecule has 0 saturated carbocycles. The number of urea groups is 1. The molecule has 2 aliphatic heterocycles. The van der Waals surface area contributed by atoms with E-state index in [1.807, 2.05) is 18.2 Å². The smallest absolute Gasteiger partial charge is 0.325 e. The molecule has 0 radical (unpaired) electrons. The van der Waals surface area contributed by atoms with Crippen molar-refractivity contribution in [1.29, 1.82) is 5.26 Å². The van der Waals surface area contributed by atoms with Crippen molar-refractivity contribution < 1.29 is 18.0 Å². The van der Waals surface area contributed by atoms with Crippen LogP contribution in [-0.4, -0.2) is 57.2 Å². The highest BCUT2D eigenvalue weighted by molar-refractivity contribution is 5.75. The quantitative estimate of drug-likeness (QED) is 0.512. The van der Waals surface area contributed by atoms with Crippen molar-refractivity contribution in [3.8, 4) is 17.3 Å². The Morgan fingerprint density at radius 2 is 1.78 bits per heavy atom. The number of carbonyl (C=O) groups is 1. The van der Waals surface area contributed by atoms with Crippen LogP contribution >= 0.6 is 0 Å². The zero-order valence-corrected chi connectivity index (χ0v) is 20.2. The van der Waals surface area contributed by atoms with Crippen LogP contribution in [0, 0.1) is 17.2 Å². The standard InChI is InChI=1S/C27H27F3N6O/c28-27(29,30)23-5-3-19(4-6-23)21-12-22(25-13-24(33-34-25)20-2-1-9-32-15-20)17-36(16-21)26(37)35-10-7-18(14-31)8-11-35/h1-6,9,13,15,18,21-22H,7-8,10-12,16-17H2,(H,33,34). The molecule has 1 N–H and O–H groups in total. The fraction of sp³-hybridized carbons (Fsp3) is 0.407. The summed E-state index contributed by atoms with van der Waals surface area (Å²) < 4.78 is 39.4. The number of piperidine rings is 2. The van der Waals surface area contributed by atoms with Crippen molar-refractivity contribution in [3.63, 3.8) is 0 Å². The highest BCUT2D eigenvalue weighted by Gasteiger charge is 2.36. The second-order valence-corrected chi connectivity index (χ2v) is 9.78. The van der Waals surface area contributed by atoms with Gasteiger partial charge >= 0.3 is 12.2 Å². The van der Waals surface area contributed by atoms with E-state index in [1.165, 1.54) is 12.1 Å². The van der Waals surface area contributed by atoms with Crippen molar-refractivity contribution >= 4 is 6.03 Å². The van der Waals surface area contributed by atoms with E-state index in [0.717, 1.165) is 34.6 Å². The molecule has 2 saturated heterocycles. The predicted octanol–water partition coefficient (Wildman–Crippen LogP) is 5.42. The molecule has 192 valence electrons. The molecule has 0 spiro atoms. The maximum atomic E-state index is 13.5. The van der Waals surface area contributed by atoms with Gasteiger partial charge in [-0.1, -0.05) is 12.1 Å². The lowest BCUT2D eigenvalue weighted by Crippen LogP contribution is -2.51. The molecule has 5 rings (SSSR count). The van der Waals surface area contributed by atoms with E-state index in [0.29, 0.717) is 45.4 Å². The number of hydrogen-bond donors (Lipinski definition) is 1. The zero-order chi connectivity index (χ0) is 26.0. The first-order valence-electron chi connectivity index (χ1n) is 12.4. The van der Waals surface area contributed by atoms with E-state index in [-0.39, 0.29) is 23.8 Å². The molecule has 2 atom stereocenters. The summed E-state index contributed by atoms with van der Waals surface area (Å²) in [6.45, 7) is 1.95. The number of nitrogens with one attached hydrogen (secondary N) is 1. The molecule has 2 fully saturated rings. The Hall–Kier alpha value is -3.87. The number of halogens is 3. The predicted molar refractivity (Wildman–Crippen MR) is 130 cm³/mol. The van der Waals surface area contributed by atoms with E-state index >= 15 is 0 Å². The van der Waals surface area contributed by atoms with E-state index < -0.39 is 11.7 Å². The number of aromatic amines is 1. The van der Waals surface area contributed by atoms with Crippen LogP contribution in [0.15, 0.2) is 54.9 Å². The van der Waals surface area contributed by atoms with E-state index in [9.17, 15) is 23.2 Å². The van der Waals surface area contributed by atoms with Crippen molar-refractivity contribution in [2.45, 2.75) is 37.3 Å². The zero-order valence-electron chi connectivity index (χ0n) is 20.2. The Bertz CT molecular complexity index is 1260. The third kappa shape index (κ3) is 5.45. The average Bonchev–Trinajstić information content (AvgIpc) is 3.43. The van der Waals surface area contributed by atoms with Gasteiger partial charge in [0.2, 0.25) is 0 Å². The fourth-order valence-electron chi connectivity index (χ4n) is 5.27. The normalized spacial score (nSPS) is 21.0. The van der Waals surface area contributed by atoms with Crippen LogP contribution in [0.1, 0.15) is 47.9 Å². The summed E-state index contributed by atoms with van der Waals surface area (Å²) >= 11 is 0. The monoisotopic (exact) mass is 508 g/mol. The Kier molecular flexibility index (Phi) is 6.87. The van der Waals surface area contributed by atoms with Gasteiger partial charge < -0.3 is 9.80 Å². The largest absolute Gasteiger partial charge is 0.416 e. The van der Waals surface area contributed by atoms with Crippen molar-refractivity contribution in [1.82, 2.24) is 25.0 Å². The van der Waals surface area contributed by atoms with Gasteiger partial charge in [-0.25, -0.2) is 4.79 Å². The summed E-state index contributed by atoms with van der Waals surface area (Å²) in [6, 6.07) is 13.1. The van der Waals surface area contributed by atoms with Gasteiger partial charge in [-0.2, -0.15) is 23.5 Å². The summed E-state index contributed by atoms with van der Waals surface area (Å²) in [5.41, 5.74) is 2.57. The van der Waals surface area contributed by atoms with Crippen LogP contribution in [0.5, 0.6) is 0 Å². The molecule has 4 heterocycles. The van der Waals surface area contributed by atoms with Gasteiger partial charge in [0.15, 0.2) is 0 Å². The number of pyridine rings is 1. The molecule has 0 bridgehead atoms. The number of nitriles is 1. The Morgan fingerprint density at radius 3 is 2.43 bits per heavy atom. The molecule has 0 aliphatic carbocycles. The van der Waals surface area contributed by atoms with Crippen LogP contribution in [0.2, 0.25) is 0 Å². The maximum Gasteiger partial charge on any atom is 0.416 e. The van der Waals surface area contributed by atoms with Crippen LogP contribution < -0.4 is 0 Å². The molecular formula is C27H27F3N6O. The minimum Gasteiger partial charge on any atom is -0.325 e. The number of nitrogens with zero attached hydrogens (tertiary/aromatic N) is 5. The second kappa shape index (κ2) is 10.2. The number of benzene rings is 1. The SMILES string of the molecule is N#CC1CCN(C(=O)N2CC(c3ccc(C(F)(F)F)cc3)CC(c3cc(-c4cccnc4)n[nH]3)C2)CC1. The summed E-state index contributed by atoms with van der Waals surface area (Å²) in [4.78, 5) is 21.2. The highest BCUT2D eigenvalue weighted by atomic mass is 19.4. The Labute approximate surface area is 212 Å². The lowest BCUT2D eigenvalue weighted by molar-refractivity contribution is -0.137. The fourth-order valence-corrected chi connectivity index (χ4v) is 5.27. The topological polar surface area (TPSA) is 88.9 Å². The Morgan fingerprint density at radius 1 is 1.05 bits per heavy atom. The number of alkyl halides is 3. The molecule has 2 unspecified atom stereocenters. The van der Waals surface area contributed by atoms with Gasteiger partial charge in [-0.05, 0) is 55.2 Å². The first kappa shape index (κ1) is 24.8. The molecule has 2 aromatic heterocycles. The van der Waals surface area contributed by atoms with Gasteiger partial charge in [-0.15, -0.1) is 0 Å². The van der Waals surface area contributed by atoms with E-state index in [4.69, 9.17) is 0 Å². The maximum absolute atomic E-state index is 13.5. The number of amides is 2. The minimum absolute atomic E-state index is 0.0334. The average molecular weight is 509 g/mol. The molecule has 10 heteroatoms. The van der Waals surface area contributed by atoms with Gasteiger partial charge in [-0.3, -0.25) is 10.1 Å². The third-order valence-electron chi connectivity index (χ3n) is 7.37. The van der Waals surface area contributed by atoms with E-state index in [1.54, 1.807) is 22.2 Å². The number of aromatic nitrogens is 3. The first-order valence-corrected chi connectivity index (χ1v) is 12.4.